The van der Waals surface area contributed by atoms with Crippen molar-refractivity contribution in [1.82, 2.24) is 19.5 Å². The molecule has 0 bridgehead atoms. The van der Waals surface area contributed by atoms with Crippen molar-refractivity contribution in [2.24, 2.45) is 0 Å². The predicted molar refractivity (Wildman–Crippen MR) is 109 cm³/mol. The zero-order chi connectivity index (χ0) is 19.3. The van der Waals surface area contributed by atoms with Gasteiger partial charge in [-0.3, -0.25) is 24.1 Å². The third kappa shape index (κ3) is 7.62. The van der Waals surface area contributed by atoms with Crippen LogP contribution in [-0.4, -0.2) is 19.5 Å². The highest BCUT2D eigenvalue weighted by Gasteiger charge is 1.94. The fourth-order valence-corrected chi connectivity index (χ4v) is 2.09. The fraction of sp³-hybridized carbons (Fsp3) is 0. The van der Waals surface area contributed by atoms with E-state index < -0.39 is 0 Å². The summed E-state index contributed by atoms with van der Waals surface area (Å²) < 4.78 is 2.64. The number of pyridine rings is 4. The number of H-pyrrole nitrogens is 1. The highest BCUT2D eigenvalue weighted by molar-refractivity contribution is 9.10. The average Bonchev–Trinajstić information content (AvgIpc) is 2.71. The van der Waals surface area contributed by atoms with Crippen LogP contribution < -0.4 is 11.1 Å². The lowest BCUT2D eigenvalue weighted by molar-refractivity contribution is 0.985. The van der Waals surface area contributed by atoms with E-state index in [1.807, 2.05) is 18.2 Å². The summed E-state index contributed by atoms with van der Waals surface area (Å²) in [5.74, 6) is 0. The molecule has 4 aromatic heterocycles. The second kappa shape index (κ2) is 11.3. The molecule has 6 nitrogen and oxygen atoms in total. The van der Waals surface area contributed by atoms with Gasteiger partial charge >= 0.3 is 0 Å². The van der Waals surface area contributed by atoms with Crippen LogP contribution in [0.4, 0.5) is 0 Å². The van der Waals surface area contributed by atoms with Gasteiger partial charge in [-0.2, -0.15) is 0 Å². The van der Waals surface area contributed by atoms with E-state index in [1.165, 1.54) is 12.1 Å². The van der Waals surface area contributed by atoms with Crippen molar-refractivity contribution in [3.8, 4) is 5.69 Å². The topological polar surface area (TPSA) is 80.6 Å². The average molecular weight is 425 g/mol. The summed E-state index contributed by atoms with van der Waals surface area (Å²) in [4.78, 5) is 31.8. The van der Waals surface area contributed by atoms with Gasteiger partial charge in [-0.25, -0.2) is 0 Å². The minimum Gasteiger partial charge on any atom is -0.329 e. The number of rotatable bonds is 1. The summed E-state index contributed by atoms with van der Waals surface area (Å²) in [5.41, 5.74) is 0.747. The quantitative estimate of drug-likeness (QED) is 0.507. The molecule has 136 valence electrons. The Morgan fingerprint density at radius 2 is 1.41 bits per heavy atom. The van der Waals surface area contributed by atoms with Gasteiger partial charge in [0.2, 0.25) is 5.56 Å². The molecule has 4 aromatic rings. The van der Waals surface area contributed by atoms with Gasteiger partial charge in [0, 0.05) is 53.8 Å². The Morgan fingerprint density at radius 3 is 1.85 bits per heavy atom. The molecule has 0 aliphatic carbocycles. The van der Waals surface area contributed by atoms with Crippen LogP contribution >= 0.6 is 15.9 Å². The predicted octanol–water partition coefficient (Wildman–Crippen LogP) is 3.45. The Bertz CT molecular complexity index is 1020. The molecule has 0 amide bonds. The fourth-order valence-electron chi connectivity index (χ4n) is 1.86. The van der Waals surface area contributed by atoms with Crippen LogP contribution in [-0.2, 0) is 0 Å². The zero-order valence-electron chi connectivity index (χ0n) is 14.3. The first-order chi connectivity index (χ1) is 13.2. The molecule has 0 fully saturated rings. The Labute approximate surface area is 164 Å². The number of aromatic nitrogens is 4. The van der Waals surface area contributed by atoms with Crippen molar-refractivity contribution >= 4 is 15.9 Å². The van der Waals surface area contributed by atoms with Gasteiger partial charge in [-0.1, -0.05) is 28.1 Å². The lowest BCUT2D eigenvalue weighted by Crippen LogP contribution is -2.15. The zero-order valence-corrected chi connectivity index (χ0v) is 15.9. The smallest absolute Gasteiger partial charge is 0.255 e. The molecule has 4 rings (SSSR count). The van der Waals surface area contributed by atoms with Crippen LogP contribution in [0.5, 0.6) is 0 Å². The molecule has 1 N–H and O–H groups in total. The number of nitrogens with one attached hydrogen (secondary N) is 1. The van der Waals surface area contributed by atoms with Gasteiger partial charge in [-0.15, -0.1) is 0 Å². The number of halogens is 1. The molecule has 0 radical (unpaired) electrons. The first-order valence-electron chi connectivity index (χ1n) is 7.94. The summed E-state index contributed by atoms with van der Waals surface area (Å²) in [6.07, 6.45) is 10.1. The maximum absolute atomic E-state index is 11.4. The Morgan fingerprint density at radius 1 is 0.778 bits per heavy atom. The van der Waals surface area contributed by atoms with Crippen LogP contribution in [0.1, 0.15) is 0 Å². The van der Waals surface area contributed by atoms with E-state index in [4.69, 9.17) is 0 Å². The van der Waals surface area contributed by atoms with E-state index in [2.05, 4.69) is 30.9 Å². The molecule has 0 saturated carbocycles. The Kier molecular flexibility index (Phi) is 8.39. The maximum atomic E-state index is 11.4. The largest absolute Gasteiger partial charge is 0.329 e. The monoisotopic (exact) mass is 424 g/mol. The van der Waals surface area contributed by atoms with Crippen LogP contribution in [0.15, 0.2) is 112 Å². The third-order valence-corrected chi connectivity index (χ3v) is 3.61. The van der Waals surface area contributed by atoms with E-state index in [-0.39, 0.29) is 11.1 Å². The molecule has 0 aliphatic rings. The molecule has 0 spiro atoms. The minimum atomic E-state index is -0.0532. The van der Waals surface area contributed by atoms with Crippen molar-refractivity contribution in [2.45, 2.75) is 0 Å². The van der Waals surface area contributed by atoms with Gasteiger partial charge in [-0.05, 0) is 36.4 Å². The SMILES string of the molecule is Brc1ccncc1.O=c1cccc[nH]1.O=c1ccccn1-c1ccncc1. The van der Waals surface area contributed by atoms with Gasteiger partial charge in [0.1, 0.15) is 0 Å². The van der Waals surface area contributed by atoms with E-state index in [1.54, 1.807) is 72.1 Å². The molecule has 0 aromatic carbocycles. The Hall–Kier alpha value is -3.32. The van der Waals surface area contributed by atoms with Crippen molar-refractivity contribution in [2.75, 3.05) is 0 Å². The number of aromatic amines is 1. The molecule has 7 heteroatoms. The summed E-state index contributed by atoms with van der Waals surface area (Å²) in [5, 5.41) is 0. The lowest BCUT2D eigenvalue weighted by atomic mass is 10.4. The molecule has 27 heavy (non-hydrogen) atoms. The number of hydrogen-bond acceptors (Lipinski definition) is 4. The summed E-state index contributed by atoms with van der Waals surface area (Å²) in [6.45, 7) is 0. The van der Waals surface area contributed by atoms with Crippen LogP contribution in [0.25, 0.3) is 5.69 Å². The van der Waals surface area contributed by atoms with Crippen LogP contribution in [0.2, 0.25) is 0 Å². The van der Waals surface area contributed by atoms with Crippen LogP contribution in [0.3, 0.4) is 0 Å². The van der Waals surface area contributed by atoms with Crippen LogP contribution in [0, 0.1) is 0 Å². The number of nitrogens with zero attached hydrogens (tertiary/aromatic N) is 3. The molecule has 0 saturated heterocycles. The van der Waals surface area contributed by atoms with E-state index in [9.17, 15) is 9.59 Å². The standard InChI is InChI=1S/C10H8N2O.C5H4BrN.C5H5NO/c13-10-3-1-2-8-12(10)9-4-6-11-7-5-9;6-5-1-3-7-4-2-5;7-5-3-1-2-4-6-5/h1-8H;1-4H;1-4H,(H,6,7). The van der Waals surface area contributed by atoms with Crippen molar-refractivity contribution < 1.29 is 0 Å². The second-order valence-electron chi connectivity index (χ2n) is 5.01. The van der Waals surface area contributed by atoms with E-state index >= 15 is 0 Å². The molecule has 4 heterocycles. The van der Waals surface area contributed by atoms with Crippen molar-refractivity contribution in [3.05, 3.63) is 123 Å². The van der Waals surface area contributed by atoms with Crippen molar-refractivity contribution in [1.29, 1.82) is 0 Å². The van der Waals surface area contributed by atoms with Gasteiger partial charge in [0.05, 0.1) is 5.69 Å². The first-order valence-corrected chi connectivity index (χ1v) is 8.73. The van der Waals surface area contributed by atoms with Crippen molar-refractivity contribution in [3.63, 3.8) is 0 Å². The van der Waals surface area contributed by atoms with Gasteiger partial charge in [0.15, 0.2) is 0 Å². The highest BCUT2D eigenvalue weighted by Crippen LogP contribution is 2.03. The minimum absolute atomic E-state index is 0.0336. The van der Waals surface area contributed by atoms with Gasteiger partial charge < -0.3 is 4.98 Å². The summed E-state index contributed by atoms with van der Waals surface area (Å²) >= 11 is 3.27. The molecule has 0 unspecified atom stereocenters. The lowest BCUT2D eigenvalue weighted by Gasteiger charge is -2.02. The third-order valence-electron chi connectivity index (χ3n) is 3.08. The molecule has 0 atom stereocenters. The van der Waals surface area contributed by atoms with E-state index in [0.717, 1.165) is 10.2 Å². The van der Waals surface area contributed by atoms with Gasteiger partial charge in [0.25, 0.3) is 5.56 Å². The Balaban J connectivity index is 0.000000159. The summed E-state index contributed by atoms with van der Waals surface area (Å²) in [6, 6.07) is 17.4. The molecular formula is C20H17BrN4O2. The normalized spacial score (nSPS) is 9.22. The van der Waals surface area contributed by atoms with E-state index in [0.29, 0.717) is 0 Å². The highest BCUT2D eigenvalue weighted by atomic mass is 79.9. The molecule has 0 aliphatic heterocycles. The first kappa shape index (κ1) is 20.0. The molecular weight excluding hydrogens is 408 g/mol. The number of hydrogen-bond donors (Lipinski definition) is 1. The second-order valence-corrected chi connectivity index (χ2v) is 5.92. The summed E-state index contributed by atoms with van der Waals surface area (Å²) in [7, 11) is 0. The maximum Gasteiger partial charge on any atom is 0.255 e.